The summed E-state index contributed by atoms with van der Waals surface area (Å²) < 4.78 is 1.21. The van der Waals surface area contributed by atoms with Crippen LogP contribution in [0, 0.1) is 0 Å². The van der Waals surface area contributed by atoms with Gasteiger partial charge in [0.1, 0.15) is 0 Å². The van der Waals surface area contributed by atoms with Gasteiger partial charge >= 0.3 is 0 Å². The summed E-state index contributed by atoms with van der Waals surface area (Å²) in [6.07, 6.45) is 5.37. The van der Waals surface area contributed by atoms with E-state index >= 15 is 0 Å². The van der Waals surface area contributed by atoms with E-state index < -0.39 is 0 Å². The molecule has 1 spiro atoms. The summed E-state index contributed by atoms with van der Waals surface area (Å²) in [5.41, 5.74) is 2.97. The van der Waals surface area contributed by atoms with Gasteiger partial charge in [0.15, 0.2) is 0 Å². The maximum Gasteiger partial charge on any atom is 0.0753 e. The highest BCUT2D eigenvalue weighted by Gasteiger charge is 2.44. The first kappa shape index (κ1) is 12.3. The predicted molar refractivity (Wildman–Crippen MR) is 81.4 cm³/mol. The summed E-state index contributed by atoms with van der Waals surface area (Å²) in [6.45, 7) is 5.72. The first-order valence-electron chi connectivity index (χ1n) is 6.96. The minimum Gasteiger partial charge on any atom is -0.381 e. The van der Waals surface area contributed by atoms with Crippen LogP contribution in [-0.2, 0) is 0 Å². The van der Waals surface area contributed by atoms with E-state index in [0.29, 0.717) is 11.6 Å². The maximum absolute atomic E-state index is 3.74. The highest BCUT2D eigenvalue weighted by Crippen LogP contribution is 2.48. The molecule has 1 N–H and O–H groups in total. The first-order chi connectivity index (χ1) is 8.64. The molecular formula is C15H21BrN2. The van der Waals surface area contributed by atoms with Crippen LogP contribution in [0.1, 0.15) is 39.5 Å². The lowest BCUT2D eigenvalue weighted by atomic mass is 9.89. The molecule has 3 rings (SSSR count). The minimum absolute atomic E-state index is 0.338. The van der Waals surface area contributed by atoms with Crippen molar-refractivity contribution in [2.24, 2.45) is 0 Å². The Bertz CT molecular complexity index is 450. The van der Waals surface area contributed by atoms with Gasteiger partial charge in [0.05, 0.1) is 16.9 Å². The largest absolute Gasteiger partial charge is 0.381 e. The van der Waals surface area contributed by atoms with Crippen molar-refractivity contribution < 1.29 is 0 Å². The predicted octanol–water partition coefficient (Wildman–Crippen LogP) is 4.40. The smallest absolute Gasteiger partial charge is 0.0753 e. The standard InChI is InChI=1S/C15H21BrN2/c1-11(2)18-14-12(16)6-5-7-13(14)17-10-15(18)8-3-4-9-15/h5-7,11,17H,3-4,8-10H2,1-2H3. The van der Waals surface area contributed by atoms with E-state index in [1.54, 1.807) is 0 Å². The van der Waals surface area contributed by atoms with E-state index in [-0.39, 0.29) is 0 Å². The Hall–Kier alpha value is -0.700. The van der Waals surface area contributed by atoms with Gasteiger partial charge in [-0.2, -0.15) is 0 Å². The van der Waals surface area contributed by atoms with Crippen molar-refractivity contribution in [2.45, 2.75) is 51.1 Å². The lowest BCUT2D eigenvalue weighted by Crippen LogP contribution is -2.57. The summed E-state index contributed by atoms with van der Waals surface area (Å²) in [6, 6.07) is 7.00. The number of para-hydroxylation sites is 1. The van der Waals surface area contributed by atoms with Crippen LogP contribution in [0.3, 0.4) is 0 Å². The molecule has 1 aromatic rings. The molecule has 0 aromatic heterocycles. The van der Waals surface area contributed by atoms with Crippen LogP contribution in [0.2, 0.25) is 0 Å². The summed E-state index contributed by atoms with van der Waals surface area (Å²) in [4.78, 5) is 2.66. The molecule has 0 atom stereocenters. The van der Waals surface area contributed by atoms with E-state index in [9.17, 15) is 0 Å². The Morgan fingerprint density at radius 1 is 1.28 bits per heavy atom. The maximum atomic E-state index is 3.74. The molecule has 0 unspecified atom stereocenters. The monoisotopic (exact) mass is 308 g/mol. The van der Waals surface area contributed by atoms with Crippen LogP contribution < -0.4 is 10.2 Å². The van der Waals surface area contributed by atoms with Crippen molar-refractivity contribution >= 4 is 27.3 Å². The second-order valence-corrected chi connectivity index (χ2v) is 6.74. The average molecular weight is 309 g/mol. The molecule has 1 fully saturated rings. The number of hydrogen-bond acceptors (Lipinski definition) is 2. The van der Waals surface area contributed by atoms with E-state index in [1.165, 1.54) is 41.5 Å². The number of rotatable bonds is 1. The van der Waals surface area contributed by atoms with Gasteiger partial charge in [0, 0.05) is 17.1 Å². The third kappa shape index (κ3) is 1.75. The lowest BCUT2D eigenvalue weighted by molar-refractivity contribution is 0.380. The quantitative estimate of drug-likeness (QED) is 0.827. The fourth-order valence-electron chi connectivity index (χ4n) is 3.74. The minimum atomic E-state index is 0.338. The van der Waals surface area contributed by atoms with Gasteiger partial charge in [0.2, 0.25) is 0 Å². The van der Waals surface area contributed by atoms with Gasteiger partial charge in [-0.3, -0.25) is 0 Å². The fourth-order valence-corrected chi connectivity index (χ4v) is 4.30. The first-order valence-corrected chi connectivity index (χ1v) is 7.75. The molecule has 2 aliphatic rings. The van der Waals surface area contributed by atoms with Gasteiger partial charge < -0.3 is 10.2 Å². The van der Waals surface area contributed by atoms with Crippen molar-refractivity contribution in [2.75, 3.05) is 16.8 Å². The van der Waals surface area contributed by atoms with Crippen LogP contribution in [0.4, 0.5) is 11.4 Å². The SMILES string of the molecule is CC(C)N1c2c(Br)cccc2NCC12CCCC2. The number of anilines is 2. The molecule has 1 aromatic carbocycles. The van der Waals surface area contributed by atoms with Crippen LogP contribution in [0.25, 0.3) is 0 Å². The molecule has 3 heteroatoms. The molecule has 18 heavy (non-hydrogen) atoms. The van der Waals surface area contributed by atoms with Crippen LogP contribution >= 0.6 is 15.9 Å². The van der Waals surface area contributed by atoms with Gasteiger partial charge in [0.25, 0.3) is 0 Å². The zero-order chi connectivity index (χ0) is 12.8. The van der Waals surface area contributed by atoms with Crippen LogP contribution in [0.15, 0.2) is 22.7 Å². The van der Waals surface area contributed by atoms with Crippen molar-refractivity contribution in [3.8, 4) is 0 Å². The molecule has 2 nitrogen and oxygen atoms in total. The van der Waals surface area contributed by atoms with E-state index in [2.05, 4.69) is 58.2 Å². The zero-order valence-electron chi connectivity index (χ0n) is 11.2. The molecule has 1 aliphatic carbocycles. The molecule has 0 amide bonds. The zero-order valence-corrected chi connectivity index (χ0v) is 12.8. The third-order valence-electron chi connectivity index (χ3n) is 4.40. The Morgan fingerprint density at radius 3 is 2.67 bits per heavy atom. The second-order valence-electron chi connectivity index (χ2n) is 5.88. The third-order valence-corrected chi connectivity index (χ3v) is 5.04. The van der Waals surface area contributed by atoms with Crippen molar-refractivity contribution in [1.29, 1.82) is 0 Å². The highest BCUT2D eigenvalue weighted by atomic mass is 79.9. The molecule has 1 saturated carbocycles. The van der Waals surface area contributed by atoms with Crippen molar-refractivity contribution in [3.63, 3.8) is 0 Å². The van der Waals surface area contributed by atoms with Crippen molar-refractivity contribution in [1.82, 2.24) is 0 Å². The molecule has 1 aliphatic heterocycles. The van der Waals surface area contributed by atoms with Crippen LogP contribution in [0.5, 0.6) is 0 Å². The van der Waals surface area contributed by atoms with E-state index in [1.807, 2.05) is 0 Å². The number of halogens is 1. The molecule has 0 saturated heterocycles. The Balaban J connectivity index is 2.12. The Morgan fingerprint density at radius 2 is 2.00 bits per heavy atom. The average Bonchev–Trinajstić information content (AvgIpc) is 2.79. The Kier molecular flexibility index (Phi) is 3.05. The van der Waals surface area contributed by atoms with Gasteiger partial charge in [-0.15, -0.1) is 0 Å². The number of fused-ring (bicyclic) bond motifs is 1. The second kappa shape index (κ2) is 4.44. The number of hydrogen-bond donors (Lipinski definition) is 1. The van der Waals surface area contributed by atoms with Gasteiger partial charge in [-0.05, 0) is 54.8 Å². The molecule has 1 heterocycles. The topological polar surface area (TPSA) is 15.3 Å². The van der Waals surface area contributed by atoms with Crippen LogP contribution in [-0.4, -0.2) is 18.1 Å². The highest BCUT2D eigenvalue weighted by molar-refractivity contribution is 9.10. The molecule has 0 radical (unpaired) electrons. The summed E-state index contributed by atoms with van der Waals surface area (Å²) in [5, 5.41) is 3.65. The van der Waals surface area contributed by atoms with Gasteiger partial charge in [-0.25, -0.2) is 0 Å². The summed E-state index contributed by atoms with van der Waals surface area (Å²) >= 11 is 3.74. The normalized spacial score (nSPS) is 21.2. The lowest BCUT2D eigenvalue weighted by Gasteiger charge is -2.50. The number of benzene rings is 1. The van der Waals surface area contributed by atoms with E-state index in [0.717, 1.165) is 6.54 Å². The summed E-state index contributed by atoms with van der Waals surface area (Å²) in [7, 11) is 0. The number of nitrogens with zero attached hydrogens (tertiary/aromatic N) is 1. The molecule has 0 bridgehead atoms. The molecular weight excluding hydrogens is 288 g/mol. The molecule has 98 valence electrons. The number of nitrogens with one attached hydrogen (secondary N) is 1. The van der Waals surface area contributed by atoms with E-state index in [4.69, 9.17) is 0 Å². The Labute approximate surface area is 118 Å². The van der Waals surface area contributed by atoms with Gasteiger partial charge in [-0.1, -0.05) is 18.9 Å². The van der Waals surface area contributed by atoms with Crippen molar-refractivity contribution in [3.05, 3.63) is 22.7 Å². The summed E-state index contributed by atoms with van der Waals surface area (Å²) in [5.74, 6) is 0. The fraction of sp³-hybridized carbons (Fsp3) is 0.600.